The highest BCUT2D eigenvalue weighted by atomic mass is 16.5. The summed E-state index contributed by atoms with van der Waals surface area (Å²) < 4.78 is 16.7. The Morgan fingerprint density at radius 1 is 0.919 bits per heavy atom. The Hall–Kier alpha value is -3.22. The summed E-state index contributed by atoms with van der Waals surface area (Å²) in [4.78, 5) is 24.9. The maximum atomic E-state index is 13.5. The van der Waals surface area contributed by atoms with E-state index in [4.69, 9.17) is 14.2 Å². The number of nitrogens with one attached hydrogen (secondary N) is 2. The van der Waals surface area contributed by atoms with Crippen molar-refractivity contribution in [2.45, 2.75) is 84.6 Å². The largest absolute Gasteiger partial charge is 0.496 e. The van der Waals surface area contributed by atoms with Crippen LogP contribution in [0.3, 0.4) is 0 Å². The highest BCUT2D eigenvalue weighted by Gasteiger charge is 2.24. The number of unbranched alkanes of at least 4 members (excludes halogenated alkanes) is 2. The Balaban J connectivity index is 2.39. The van der Waals surface area contributed by atoms with Gasteiger partial charge in [-0.3, -0.25) is 9.59 Å². The Kier molecular flexibility index (Phi) is 11.3. The van der Waals surface area contributed by atoms with Crippen molar-refractivity contribution in [1.82, 2.24) is 5.32 Å². The third kappa shape index (κ3) is 8.69. The van der Waals surface area contributed by atoms with E-state index in [0.29, 0.717) is 30.2 Å². The molecule has 0 fully saturated rings. The van der Waals surface area contributed by atoms with Gasteiger partial charge in [-0.2, -0.15) is 0 Å². The van der Waals surface area contributed by atoms with Gasteiger partial charge in [0.15, 0.2) is 11.5 Å². The Morgan fingerprint density at radius 3 is 2.14 bits per heavy atom. The lowest BCUT2D eigenvalue weighted by Crippen LogP contribution is -2.22. The average Bonchev–Trinajstić information content (AvgIpc) is 2.85. The monoisotopic (exact) mass is 512 g/mol. The van der Waals surface area contributed by atoms with Crippen molar-refractivity contribution in [2.75, 3.05) is 26.6 Å². The lowest BCUT2D eigenvalue weighted by molar-refractivity contribution is -0.119. The summed E-state index contributed by atoms with van der Waals surface area (Å²) in [6.07, 6.45) is 4.34. The third-order valence-electron chi connectivity index (χ3n) is 6.47. The van der Waals surface area contributed by atoms with Crippen LogP contribution in [0.2, 0.25) is 0 Å². The Morgan fingerprint density at radius 2 is 1.57 bits per heavy atom. The fourth-order valence-electron chi connectivity index (χ4n) is 4.49. The number of anilines is 1. The Bertz CT molecular complexity index is 1060. The number of hydrogen-bond donors (Lipinski definition) is 2. The van der Waals surface area contributed by atoms with Crippen LogP contribution in [0.25, 0.3) is 0 Å². The molecule has 1 unspecified atom stereocenters. The highest BCUT2D eigenvalue weighted by molar-refractivity contribution is 5.92. The van der Waals surface area contributed by atoms with Gasteiger partial charge in [0.25, 0.3) is 0 Å². The average molecular weight is 513 g/mol. The van der Waals surface area contributed by atoms with Crippen molar-refractivity contribution in [3.8, 4) is 17.2 Å². The highest BCUT2D eigenvalue weighted by Crippen LogP contribution is 2.41. The zero-order valence-electron chi connectivity index (χ0n) is 23.7. The molecule has 0 radical (unpaired) electrons. The fourth-order valence-corrected chi connectivity index (χ4v) is 4.49. The molecule has 7 heteroatoms. The van der Waals surface area contributed by atoms with Gasteiger partial charge in [0.05, 0.1) is 21.3 Å². The summed E-state index contributed by atoms with van der Waals surface area (Å²) in [5.41, 5.74) is 3.51. The third-order valence-corrected chi connectivity index (χ3v) is 6.47. The Labute approximate surface area is 222 Å². The topological polar surface area (TPSA) is 85.9 Å². The second-order valence-corrected chi connectivity index (χ2v) is 10.4. The van der Waals surface area contributed by atoms with E-state index in [1.54, 1.807) is 21.3 Å². The smallest absolute Gasteiger partial charge is 0.224 e. The molecule has 0 aliphatic heterocycles. The molecular formula is C30H44N2O5. The summed E-state index contributed by atoms with van der Waals surface area (Å²) in [6, 6.07) is 9.73. The van der Waals surface area contributed by atoms with E-state index in [1.165, 1.54) is 6.92 Å². The molecule has 0 saturated heterocycles. The van der Waals surface area contributed by atoms with E-state index in [-0.39, 0.29) is 23.1 Å². The van der Waals surface area contributed by atoms with E-state index < -0.39 is 0 Å². The minimum absolute atomic E-state index is 0.0537. The maximum Gasteiger partial charge on any atom is 0.224 e. The van der Waals surface area contributed by atoms with Gasteiger partial charge in [0.1, 0.15) is 5.75 Å². The molecular weight excluding hydrogens is 468 g/mol. The SMILES string of the molecule is CCCCCC(CC(=O)Nc1cc(CNC(C)=O)ccc1C(C)(C)C)c1cc(OC)c(OC)cc1OC. The first-order chi connectivity index (χ1) is 17.5. The van der Waals surface area contributed by atoms with Crippen LogP contribution in [0, 0.1) is 0 Å². The molecule has 7 nitrogen and oxygen atoms in total. The molecule has 2 aromatic rings. The fraction of sp³-hybridized carbons (Fsp3) is 0.533. The molecule has 0 heterocycles. The number of methoxy groups -OCH3 is 3. The second kappa shape index (κ2) is 13.9. The molecule has 37 heavy (non-hydrogen) atoms. The number of carbonyl (C=O) groups excluding carboxylic acids is 2. The van der Waals surface area contributed by atoms with Crippen LogP contribution in [0.15, 0.2) is 30.3 Å². The number of hydrogen-bond acceptors (Lipinski definition) is 5. The van der Waals surface area contributed by atoms with Crippen molar-refractivity contribution in [3.05, 3.63) is 47.0 Å². The molecule has 2 amide bonds. The van der Waals surface area contributed by atoms with Gasteiger partial charge < -0.3 is 24.8 Å². The van der Waals surface area contributed by atoms with Gasteiger partial charge in [-0.15, -0.1) is 0 Å². The minimum atomic E-state index is -0.164. The van der Waals surface area contributed by atoms with Crippen molar-refractivity contribution in [2.24, 2.45) is 0 Å². The lowest BCUT2D eigenvalue weighted by Gasteiger charge is -2.25. The van der Waals surface area contributed by atoms with Gasteiger partial charge in [-0.05, 0) is 41.0 Å². The zero-order valence-corrected chi connectivity index (χ0v) is 23.7. The van der Waals surface area contributed by atoms with Crippen molar-refractivity contribution >= 4 is 17.5 Å². The number of amides is 2. The minimum Gasteiger partial charge on any atom is -0.496 e. The lowest BCUT2D eigenvalue weighted by atomic mass is 9.84. The first kappa shape index (κ1) is 30.0. The molecule has 0 aromatic heterocycles. The van der Waals surface area contributed by atoms with Crippen molar-refractivity contribution in [1.29, 1.82) is 0 Å². The van der Waals surface area contributed by atoms with Crippen LogP contribution in [0.1, 0.15) is 89.3 Å². The van der Waals surface area contributed by atoms with Gasteiger partial charge >= 0.3 is 0 Å². The van der Waals surface area contributed by atoms with Gasteiger partial charge in [-0.25, -0.2) is 0 Å². The normalized spacial score (nSPS) is 12.0. The van der Waals surface area contributed by atoms with Crippen LogP contribution >= 0.6 is 0 Å². The van der Waals surface area contributed by atoms with Gasteiger partial charge in [-0.1, -0.05) is 59.1 Å². The molecule has 0 bridgehead atoms. The summed E-state index contributed by atoms with van der Waals surface area (Å²) in [6.45, 7) is 10.4. The van der Waals surface area contributed by atoms with Crippen LogP contribution in [-0.4, -0.2) is 33.1 Å². The summed E-state index contributed by atoms with van der Waals surface area (Å²) >= 11 is 0. The predicted molar refractivity (Wildman–Crippen MR) is 149 cm³/mol. The number of ether oxygens (including phenoxy) is 3. The van der Waals surface area contributed by atoms with Crippen LogP contribution in [0.4, 0.5) is 5.69 Å². The summed E-state index contributed by atoms with van der Waals surface area (Å²) in [5.74, 6) is 1.66. The standard InChI is InChI=1S/C30H44N2O5/c1-9-10-11-12-22(23-17-27(36-7)28(37-8)18-26(23)35-6)16-29(34)32-25-15-21(19-31-20(2)33)13-14-24(25)30(3,4)5/h13-15,17-18,22H,9-12,16,19H2,1-8H3,(H,31,33)(H,32,34). The molecule has 2 rings (SSSR count). The molecule has 0 spiro atoms. The maximum absolute atomic E-state index is 13.5. The van der Waals surface area contributed by atoms with Gasteiger partial charge in [0.2, 0.25) is 11.8 Å². The van der Waals surface area contributed by atoms with E-state index >= 15 is 0 Å². The molecule has 0 saturated carbocycles. The van der Waals surface area contributed by atoms with E-state index in [2.05, 4.69) is 38.3 Å². The van der Waals surface area contributed by atoms with Crippen molar-refractivity contribution < 1.29 is 23.8 Å². The van der Waals surface area contributed by atoms with E-state index in [1.807, 2.05) is 30.3 Å². The summed E-state index contributed by atoms with van der Waals surface area (Å²) in [7, 11) is 4.83. The number of benzene rings is 2. The predicted octanol–water partition coefficient (Wildman–Crippen LogP) is 6.34. The number of rotatable bonds is 13. The van der Waals surface area contributed by atoms with Crippen LogP contribution < -0.4 is 24.8 Å². The molecule has 0 aliphatic carbocycles. The quantitative estimate of drug-likeness (QED) is 0.306. The second-order valence-electron chi connectivity index (χ2n) is 10.4. The van der Waals surface area contributed by atoms with Crippen LogP contribution in [-0.2, 0) is 21.5 Å². The molecule has 0 aliphatic rings. The molecule has 2 N–H and O–H groups in total. The first-order valence-corrected chi connectivity index (χ1v) is 13.0. The molecule has 204 valence electrons. The molecule has 2 aromatic carbocycles. The number of carbonyl (C=O) groups is 2. The van der Waals surface area contributed by atoms with Gasteiger partial charge in [0, 0.05) is 37.2 Å². The molecule has 1 atom stereocenters. The van der Waals surface area contributed by atoms with E-state index in [0.717, 1.165) is 48.1 Å². The van der Waals surface area contributed by atoms with E-state index in [9.17, 15) is 9.59 Å². The van der Waals surface area contributed by atoms with Crippen LogP contribution in [0.5, 0.6) is 17.2 Å². The van der Waals surface area contributed by atoms with Crippen molar-refractivity contribution in [3.63, 3.8) is 0 Å². The summed E-state index contributed by atoms with van der Waals surface area (Å²) in [5, 5.41) is 6.00. The zero-order chi connectivity index (χ0) is 27.6. The first-order valence-electron chi connectivity index (χ1n) is 13.0.